The quantitative estimate of drug-likeness (QED) is 0.582. The zero-order chi connectivity index (χ0) is 18.8. The molecule has 4 rings (SSSR count). The monoisotopic (exact) mass is 385 g/mol. The topological polar surface area (TPSA) is 71.3 Å². The normalized spacial score (nSPS) is 18.6. The first-order valence-electron chi connectivity index (χ1n) is 9.31. The van der Waals surface area contributed by atoms with Crippen molar-refractivity contribution in [2.75, 3.05) is 19.3 Å². The van der Waals surface area contributed by atoms with Gasteiger partial charge in [0.2, 0.25) is 0 Å². The third-order valence-corrected chi connectivity index (χ3v) is 6.08. The Morgan fingerprint density at radius 1 is 1.07 bits per heavy atom. The van der Waals surface area contributed by atoms with E-state index in [9.17, 15) is 9.59 Å². The SMILES string of the molecule is CSc1ccc(-n2cc(CN3CCN(C4CCCC4)C(=O)C3=O)nn2)cc1. The van der Waals surface area contributed by atoms with E-state index < -0.39 is 5.91 Å². The molecule has 0 unspecified atom stereocenters. The smallest absolute Gasteiger partial charge is 0.312 e. The lowest BCUT2D eigenvalue weighted by atomic mass is 10.1. The molecule has 2 heterocycles. The molecular weight excluding hydrogens is 362 g/mol. The highest BCUT2D eigenvalue weighted by Crippen LogP contribution is 2.25. The van der Waals surface area contributed by atoms with E-state index in [4.69, 9.17) is 0 Å². The van der Waals surface area contributed by atoms with E-state index in [0.717, 1.165) is 31.4 Å². The molecule has 2 aliphatic rings. The molecule has 1 saturated heterocycles. The van der Waals surface area contributed by atoms with Crippen LogP contribution in [-0.4, -0.2) is 62.0 Å². The second kappa shape index (κ2) is 7.72. The summed E-state index contributed by atoms with van der Waals surface area (Å²) >= 11 is 1.69. The first kappa shape index (κ1) is 18.0. The van der Waals surface area contributed by atoms with E-state index in [1.165, 1.54) is 4.90 Å². The highest BCUT2D eigenvalue weighted by atomic mass is 32.2. The van der Waals surface area contributed by atoms with Crippen LogP contribution in [0.5, 0.6) is 0 Å². The second-order valence-electron chi connectivity index (χ2n) is 7.02. The minimum absolute atomic E-state index is 0.244. The van der Waals surface area contributed by atoms with Crippen LogP contribution in [0.2, 0.25) is 0 Å². The van der Waals surface area contributed by atoms with E-state index in [1.807, 2.05) is 36.7 Å². The fraction of sp³-hybridized carbons (Fsp3) is 0.474. The predicted octanol–water partition coefficient (Wildman–Crippen LogP) is 2.10. The number of carbonyl (C=O) groups is 2. The number of amides is 2. The molecule has 2 amide bonds. The Kier molecular flexibility index (Phi) is 5.15. The zero-order valence-electron chi connectivity index (χ0n) is 15.4. The van der Waals surface area contributed by atoms with Crippen molar-refractivity contribution >= 4 is 23.6 Å². The number of benzene rings is 1. The fourth-order valence-electron chi connectivity index (χ4n) is 3.83. The van der Waals surface area contributed by atoms with Gasteiger partial charge in [0, 0.05) is 24.0 Å². The van der Waals surface area contributed by atoms with Gasteiger partial charge in [-0.05, 0) is 43.4 Å². The average molecular weight is 385 g/mol. The van der Waals surface area contributed by atoms with Crippen LogP contribution in [0.1, 0.15) is 31.4 Å². The number of hydrogen-bond donors (Lipinski definition) is 0. The maximum absolute atomic E-state index is 12.5. The first-order valence-corrected chi connectivity index (χ1v) is 10.5. The molecule has 2 fully saturated rings. The average Bonchev–Trinajstić information content (AvgIpc) is 3.38. The Bertz CT molecular complexity index is 829. The molecule has 7 nitrogen and oxygen atoms in total. The van der Waals surface area contributed by atoms with Gasteiger partial charge < -0.3 is 9.80 Å². The van der Waals surface area contributed by atoms with Gasteiger partial charge in [-0.3, -0.25) is 9.59 Å². The van der Waals surface area contributed by atoms with Crippen molar-refractivity contribution in [1.29, 1.82) is 0 Å². The first-order chi connectivity index (χ1) is 13.2. The molecule has 27 heavy (non-hydrogen) atoms. The molecule has 8 heteroatoms. The Hall–Kier alpha value is -2.35. The standard InChI is InChI=1S/C19H23N5O2S/c1-27-17-8-6-16(7-9-17)24-13-14(20-21-24)12-22-10-11-23(19(26)18(22)25)15-4-2-3-5-15/h6-9,13,15H,2-5,10-12H2,1H3. The van der Waals surface area contributed by atoms with E-state index in [0.29, 0.717) is 25.3 Å². The Balaban J connectivity index is 1.41. The molecule has 0 N–H and O–H groups in total. The van der Waals surface area contributed by atoms with Gasteiger partial charge in [0.25, 0.3) is 0 Å². The van der Waals surface area contributed by atoms with Crippen molar-refractivity contribution < 1.29 is 9.59 Å². The lowest BCUT2D eigenvalue weighted by Gasteiger charge is -2.36. The largest absolute Gasteiger partial charge is 0.330 e. The highest BCUT2D eigenvalue weighted by Gasteiger charge is 2.37. The van der Waals surface area contributed by atoms with Crippen LogP contribution in [0.3, 0.4) is 0 Å². The predicted molar refractivity (Wildman–Crippen MR) is 103 cm³/mol. The molecule has 0 spiro atoms. The maximum atomic E-state index is 12.5. The fourth-order valence-corrected chi connectivity index (χ4v) is 4.24. The van der Waals surface area contributed by atoms with Gasteiger partial charge in [0.1, 0.15) is 5.69 Å². The molecule has 0 bridgehead atoms. The second-order valence-corrected chi connectivity index (χ2v) is 7.90. The molecule has 0 atom stereocenters. The summed E-state index contributed by atoms with van der Waals surface area (Å²) in [5.41, 5.74) is 1.60. The number of carbonyl (C=O) groups excluding carboxylic acids is 2. The van der Waals surface area contributed by atoms with Crippen LogP contribution >= 0.6 is 11.8 Å². The van der Waals surface area contributed by atoms with Crippen LogP contribution in [0.15, 0.2) is 35.4 Å². The van der Waals surface area contributed by atoms with Gasteiger partial charge in [-0.2, -0.15) is 0 Å². The van der Waals surface area contributed by atoms with Crippen molar-refractivity contribution in [3.05, 3.63) is 36.2 Å². The Morgan fingerprint density at radius 3 is 2.52 bits per heavy atom. The number of nitrogens with zero attached hydrogens (tertiary/aromatic N) is 5. The van der Waals surface area contributed by atoms with Crippen LogP contribution < -0.4 is 0 Å². The summed E-state index contributed by atoms with van der Waals surface area (Å²) in [7, 11) is 0. The maximum Gasteiger partial charge on any atom is 0.312 e. The van der Waals surface area contributed by atoms with Crippen LogP contribution in [-0.2, 0) is 16.1 Å². The summed E-state index contributed by atoms with van der Waals surface area (Å²) in [5.74, 6) is -0.791. The van der Waals surface area contributed by atoms with Crippen molar-refractivity contribution in [2.24, 2.45) is 0 Å². The van der Waals surface area contributed by atoms with Crippen molar-refractivity contribution in [1.82, 2.24) is 24.8 Å². The third kappa shape index (κ3) is 3.71. The van der Waals surface area contributed by atoms with Gasteiger partial charge in [-0.25, -0.2) is 4.68 Å². The minimum atomic E-state index is -0.424. The molecule has 1 aromatic carbocycles. The van der Waals surface area contributed by atoms with E-state index in [-0.39, 0.29) is 11.9 Å². The Labute approximate surface area is 162 Å². The van der Waals surface area contributed by atoms with Crippen LogP contribution in [0.4, 0.5) is 0 Å². The molecule has 1 saturated carbocycles. The molecule has 1 aliphatic carbocycles. The minimum Gasteiger partial charge on any atom is -0.330 e. The number of thioether (sulfide) groups is 1. The van der Waals surface area contributed by atoms with Crippen LogP contribution in [0.25, 0.3) is 5.69 Å². The molecule has 1 aliphatic heterocycles. The molecule has 2 aromatic rings. The number of rotatable bonds is 5. The summed E-state index contributed by atoms with van der Waals surface area (Å²) in [4.78, 5) is 29.6. The molecule has 0 radical (unpaired) electrons. The highest BCUT2D eigenvalue weighted by molar-refractivity contribution is 7.98. The Morgan fingerprint density at radius 2 is 1.81 bits per heavy atom. The van der Waals surface area contributed by atoms with E-state index in [2.05, 4.69) is 10.3 Å². The van der Waals surface area contributed by atoms with Crippen molar-refractivity contribution in [2.45, 2.75) is 43.2 Å². The number of hydrogen-bond acceptors (Lipinski definition) is 5. The van der Waals surface area contributed by atoms with Crippen molar-refractivity contribution in [3.8, 4) is 5.69 Å². The molecule has 1 aromatic heterocycles. The lowest BCUT2D eigenvalue weighted by molar-refractivity contribution is -0.158. The van der Waals surface area contributed by atoms with Gasteiger partial charge in [0.05, 0.1) is 18.4 Å². The van der Waals surface area contributed by atoms with E-state index >= 15 is 0 Å². The summed E-state index contributed by atoms with van der Waals surface area (Å²) in [6, 6.07) is 8.28. The van der Waals surface area contributed by atoms with Crippen molar-refractivity contribution in [3.63, 3.8) is 0 Å². The van der Waals surface area contributed by atoms with Gasteiger partial charge in [-0.15, -0.1) is 16.9 Å². The lowest BCUT2D eigenvalue weighted by Crippen LogP contribution is -2.56. The molecular formula is C19H23N5O2S. The summed E-state index contributed by atoms with van der Waals surface area (Å²) in [6.07, 6.45) is 8.18. The van der Waals surface area contributed by atoms with Gasteiger partial charge in [0.15, 0.2) is 0 Å². The summed E-state index contributed by atoms with van der Waals surface area (Å²) < 4.78 is 1.69. The van der Waals surface area contributed by atoms with E-state index in [1.54, 1.807) is 26.2 Å². The summed E-state index contributed by atoms with van der Waals surface area (Å²) in [5, 5.41) is 8.33. The van der Waals surface area contributed by atoms with Crippen LogP contribution in [0, 0.1) is 0 Å². The number of aromatic nitrogens is 3. The summed E-state index contributed by atoms with van der Waals surface area (Å²) in [6.45, 7) is 1.47. The number of piperazine rings is 1. The zero-order valence-corrected chi connectivity index (χ0v) is 16.2. The molecule has 142 valence electrons. The third-order valence-electron chi connectivity index (χ3n) is 5.34. The van der Waals surface area contributed by atoms with Gasteiger partial charge in [-0.1, -0.05) is 18.1 Å². The van der Waals surface area contributed by atoms with Gasteiger partial charge >= 0.3 is 11.8 Å².